The maximum atomic E-state index is 12.1. The molecule has 0 aliphatic heterocycles. The van der Waals surface area contributed by atoms with Crippen molar-refractivity contribution in [1.82, 2.24) is 5.32 Å². The Labute approximate surface area is 108 Å². The van der Waals surface area contributed by atoms with Crippen LogP contribution in [0.1, 0.15) is 39.5 Å². The number of amides is 1. The van der Waals surface area contributed by atoms with Gasteiger partial charge in [-0.15, -0.1) is 6.58 Å². The Balaban J connectivity index is 2.64. The molecule has 0 saturated heterocycles. The van der Waals surface area contributed by atoms with E-state index in [2.05, 4.69) is 11.9 Å². The van der Waals surface area contributed by atoms with E-state index < -0.39 is 11.9 Å². The van der Waals surface area contributed by atoms with Crippen LogP contribution in [-0.2, 0) is 9.59 Å². The number of aliphatic carboxylic acids is 1. The van der Waals surface area contributed by atoms with Crippen LogP contribution in [0.5, 0.6) is 0 Å². The molecule has 1 amide bonds. The molecule has 0 bridgehead atoms. The fraction of sp³-hybridized carbons (Fsp3) is 0.714. The van der Waals surface area contributed by atoms with Gasteiger partial charge in [0.2, 0.25) is 5.91 Å². The van der Waals surface area contributed by atoms with E-state index in [9.17, 15) is 14.7 Å². The Kier molecular flexibility index (Phi) is 5.38. The first kappa shape index (κ1) is 14.7. The van der Waals surface area contributed by atoms with Gasteiger partial charge in [0.1, 0.15) is 0 Å². The number of hydrogen-bond acceptors (Lipinski definition) is 2. The molecule has 4 atom stereocenters. The van der Waals surface area contributed by atoms with E-state index in [-0.39, 0.29) is 17.9 Å². The van der Waals surface area contributed by atoms with Gasteiger partial charge in [-0.2, -0.15) is 0 Å². The average molecular weight is 253 g/mol. The van der Waals surface area contributed by atoms with Gasteiger partial charge in [0.25, 0.3) is 0 Å². The fourth-order valence-electron chi connectivity index (χ4n) is 2.70. The third-order valence-corrected chi connectivity index (χ3v) is 3.80. The van der Waals surface area contributed by atoms with Gasteiger partial charge in [0, 0.05) is 6.04 Å². The second-order valence-corrected chi connectivity index (χ2v) is 5.23. The van der Waals surface area contributed by atoms with E-state index in [0.29, 0.717) is 25.2 Å². The van der Waals surface area contributed by atoms with Gasteiger partial charge in [-0.3, -0.25) is 9.59 Å². The molecule has 1 aliphatic rings. The van der Waals surface area contributed by atoms with Crippen molar-refractivity contribution in [2.24, 2.45) is 17.8 Å². The number of rotatable bonds is 6. The molecule has 4 nitrogen and oxygen atoms in total. The predicted octanol–water partition coefficient (Wildman–Crippen LogP) is 2.20. The van der Waals surface area contributed by atoms with Gasteiger partial charge >= 0.3 is 5.97 Å². The first-order chi connectivity index (χ1) is 8.49. The van der Waals surface area contributed by atoms with E-state index in [1.54, 1.807) is 6.08 Å². The minimum atomic E-state index is -0.845. The maximum Gasteiger partial charge on any atom is 0.307 e. The first-order valence-corrected chi connectivity index (χ1v) is 6.63. The van der Waals surface area contributed by atoms with Crippen LogP contribution in [0.3, 0.4) is 0 Å². The largest absolute Gasteiger partial charge is 0.481 e. The summed E-state index contributed by atoms with van der Waals surface area (Å²) in [6, 6.07) is 0.0186. The van der Waals surface area contributed by atoms with Crippen molar-refractivity contribution in [3.05, 3.63) is 12.7 Å². The number of carboxylic acids is 1. The minimum absolute atomic E-state index is 0.0186. The lowest BCUT2D eigenvalue weighted by Crippen LogP contribution is -2.39. The Morgan fingerprint density at radius 3 is 2.56 bits per heavy atom. The fourth-order valence-corrected chi connectivity index (χ4v) is 2.70. The smallest absolute Gasteiger partial charge is 0.307 e. The summed E-state index contributed by atoms with van der Waals surface area (Å²) in [5.41, 5.74) is 0. The standard InChI is InChI=1S/C14H23NO3/c1-4-6-9(3)15-13(16)11-7-10(5-2)8-12(11)14(17)18/h4,9-12H,1,5-8H2,2-3H3,(H,15,16)(H,17,18)/t9?,10?,11-,12+/m0/s1. The monoisotopic (exact) mass is 253 g/mol. The molecule has 2 unspecified atom stereocenters. The highest BCUT2D eigenvalue weighted by molar-refractivity contribution is 5.85. The lowest BCUT2D eigenvalue weighted by atomic mass is 9.95. The predicted molar refractivity (Wildman–Crippen MR) is 70.0 cm³/mol. The zero-order valence-corrected chi connectivity index (χ0v) is 11.2. The van der Waals surface area contributed by atoms with Crippen molar-refractivity contribution in [2.75, 3.05) is 0 Å². The summed E-state index contributed by atoms with van der Waals surface area (Å²) in [5.74, 6) is -1.50. The molecule has 4 heteroatoms. The van der Waals surface area contributed by atoms with Gasteiger partial charge in [0.05, 0.1) is 11.8 Å². The van der Waals surface area contributed by atoms with E-state index in [0.717, 1.165) is 6.42 Å². The highest BCUT2D eigenvalue weighted by Crippen LogP contribution is 2.38. The number of carbonyl (C=O) groups is 2. The summed E-state index contributed by atoms with van der Waals surface area (Å²) in [6.45, 7) is 7.58. The van der Waals surface area contributed by atoms with Crippen LogP contribution in [0.25, 0.3) is 0 Å². The molecule has 1 saturated carbocycles. The lowest BCUT2D eigenvalue weighted by molar-refractivity contribution is -0.146. The highest BCUT2D eigenvalue weighted by atomic mass is 16.4. The molecular weight excluding hydrogens is 230 g/mol. The molecule has 0 spiro atoms. The van der Waals surface area contributed by atoms with E-state index in [1.165, 1.54) is 0 Å². The molecule has 0 aromatic carbocycles. The lowest BCUT2D eigenvalue weighted by Gasteiger charge is -2.18. The summed E-state index contributed by atoms with van der Waals surface area (Å²) >= 11 is 0. The molecule has 1 aliphatic carbocycles. The molecule has 102 valence electrons. The van der Waals surface area contributed by atoms with Gasteiger partial charge in [-0.25, -0.2) is 0 Å². The summed E-state index contributed by atoms with van der Waals surface area (Å²) in [5, 5.41) is 12.1. The van der Waals surface area contributed by atoms with Crippen molar-refractivity contribution in [2.45, 2.75) is 45.6 Å². The van der Waals surface area contributed by atoms with Crippen LogP contribution in [0.15, 0.2) is 12.7 Å². The Bertz CT molecular complexity index is 327. The second-order valence-electron chi connectivity index (χ2n) is 5.23. The van der Waals surface area contributed by atoms with Crippen molar-refractivity contribution >= 4 is 11.9 Å². The molecule has 1 rings (SSSR count). The van der Waals surface area contributed by atoms with Crippen molar-refractivity contribution < 1.29 is 14.7 Å². The molecule has 0 radical (unpaired) electrons. The zero-order chi connectivity index (χ0) is 13.7. The van der Waals surface area contributed by atoms with Crippen molar-refractivity contribution in [3.8, 4) is 0 Å². The summed E-state index contributed by atoms with van der Waals surface area (Å²) in [7, 11) is 0. The van der Waals surface area contributed by atoms with Gasteiger partial charge in [-0.1, -0.05) is 19.4 Å². The van der Waals surface area contributed by atoms with E-state index in [1.807, 2.05) is 13.8 Å². The van der Waals surface area contributed by atoms with Crippen LogP contribution >= 0.6 is 0 Å². The molecule has 1 fully saturated rings. The minimum Gasteiger partial charge on any atom is -0.481 e. The Morgan fingerprint density at radius 2 is 2.06 bits per heavy atom. The molecule has 0 aromatic rings. The molecule has 2 N–H and O–H groups in total. The Hall–Kier alpha value is -1.32. The third-order valence-electron chi connectivity index (χ3n) is 3.80. The number of carbonyl (C=O) groups excluding carboxylic acids is 1. The molecular formula is C14H23NO3. The van der Waals surface area contributed by atoms with E-state index in [4.69, 9.17) is 0 Å². The topological polar surface area (TPSA) is 66.4 Å². The zero-order valence-electron chi connectivity index (χ0n) is 11.2. The normalized spacial score (nSPS) is 28.7. The summed E-state index contributed by atoms with van der Waals surface area (Å²) in [4.78, 5) is 23.3. The number of nitrogens with one attached hydrogen (secondary N) is 1. The van der Waals surface area contributed by atoms with Crippen LogP contribution < -0.4 is 5.32 Å². The highest BCUT2D eigenvalue weighted by Gasteiger charge is 2.42. The number of carboxylic acid groups (broad SMARTS) is 1. The van der Waals surface area contributed by atoms with Gasteiger partial charge < -0.3 is 10.4 Å². The van der Waals surface area contributed by atoms with Crippen LogP contribution in [-0.4, -0.2) is 23.0 Å². The van der Waals surface area contributed by atoms with Crippen molar-refractivity contribution in [1.29, 1.82) is 0 Å². The summed E-state index contributed by atoms with van der Waals surface area (Å²) in [6.07, 6.45) is 4.71. The second kappa shape index (κ2) is 6.57. The van der Waals surface area contributed by atoms with Gasteiger partial charge in [-0.05, 0) is 32.1 Å². The third kappa shape index (κ3) is 3.59. The SMILES string of the molecule is C=CCC(C)NC(=O)[C@H]1CC(CC)C[C@H]1C(=O)O. The maximum absolute atomic E-state index is 12.1. The van der Waals surface area contributed by atoms with Crippen LogP contribution in [0.4, 0.5) is 0 Å². The summed E-state index contributed by atoms with van der Waals surface area (Å²) < 4.78 is 0. The average Bonchev–Trinajstić information content (AvgIpc) is 2.73. The quantitative estimate of drug-likeness (QED) is 0.713. The van der Waals surface area contributed by atoms with Gasteiger partial charge in [0.15, 0.2) is 0 Å². The molecule has 18 heavy (non-hydrogen) atoms. The van der Waals surface area contributed by atoms with E-state index >= 15 is 0 Å². The number of hydrogen-bond donors (Lipinski definition) is 2. The van der Waals surface area contributed by atoms with Crippen molar-refractivity contribution in [3.63, 3.8) is 0 Å². The first-order valence-electron chi connectivity index (χ1n) is 6.63. The molecule has 0 aromatic heterocycles. The van der Waals surface area contributed by atoms with Crippen LogP contribution in [0.2, 0.25) is 0 Å². The molecule has 0 heterocycles. The Morgan fingerprint density at radius 1 is 1.44 bits per heavy atom. The van der Waals surface area contributed by atoms with Crippen LogP contribution in [0, 0.1) is 17.8 Å².